The zero-order valence-electron chi connectivity index (χ0n) is 21.6. The van der Waals surface area contributed by atoms with Gasteiger partial charge in [0.25, 0.3) is 0 Å². The molecule has 0 radical (unpaired) electrons. The predicted octanol–water partition coefficient (Wildman–Crippen LogP) is 5.66. The number of aryl methyl sites for hydroxylation is 2. The van der Waals surface area contributed by atoms with Crippen LogP contribution in [0.4, 0.5) is 17.5 Å². The lowest BCUT2D eigenvalue weighted by Gasteiger charge is -2.24. The van der Waals surface area contributed by atoms with E-state index in [-0.39, 0.29) is 0 Å². The number of ether oxygens (including phenoxy) is 2. The number of anilines is 3. The largest absolute Gasteiger partial charge is 0.497 e. The van der Waals surface area contributed by atoms with Gasteiger partial charge in [-0.3, -0.25) is 0 Å². The molecular formula is C28H32N6O2. The summed E-state index contributed by atoms with van der Waals surface area (Å²) in [6.45, 7) is 10.4. The quantitative estimate of drug-likeness (QED) is 0.359. The number of nitrogens with two attached hydrogens (primary N) is 1. The number of hydrogen-bond donors (Lipinski definition) is 1. The average molecular weight is 485 g/mol. The summed E-state index contributed by atoms with van der Waals surface area (Å²) in [5.74, 6) is 3.88. The number of nitrogen functional groups attached to an aromatic ring is 1. The van der Waals surface area contributed by atoms with Crippen LogP contribution in [0.25, 0.3) is 11.1 Å². The van der Waals surface area contributed by atoms with E-state index in [0.717, 1.165) is 39.6 Å². The van der Waals surface area contributed by atoms with Gasteiger partial charge in [0.15, 0.2) is 0 Å². The molecule has 0 aliphatic rings. The Bertz CT molecular complexity index is 1350. The molecule has 0 unspecified atom stereocenters. The van der Waals surface area contributed by atoms with Crippen LogP contribution < -0.4 is 20.1 Å². The number of rotatable bonds is 7. The van der Waals surface area contributed by atoms with E-state index >= 15 is 0 Å². The summed E-state index contributed by atoms with van der Waals surface area (Å²) in [6, 6.07) is 15.7. The number of nitrogens with zero attached hydrogens (tertiary/aromatic N) is 5. The van der Waals surface area contributed by atoms with Crippen molar-refractivity contribution in [3.63, 3.8) is 0 Å². The zero-order valence-corrected chi connectivity index (χ0v) is 21.6. The Balaban J connectivity index is 1.78. The molecule has 8 heteroatoms. The molecule has 3 heterocycles. The highest BCUT2D eigenvalue weighted by Gasteiger charge is 2.18. The zero-order chi connectivity index (χ0) is 25.9. The van der Waals surface area contributed by atoms with Crippen molar-refractivity contribution in [3.05, 3.63) is 77.9 Å². The molecule has 0 atom stereocenters. The molecule has 0 saturated heterocycles. The van der Waals surface area contributed by atoms with E-state index in [1.54, 1.807) is 13.3 Å². The first-order chi connectivity index (χ1) is 17.1. The third kappa shape index (κ3) is 6.07. The van der Waals surface area contributed by atoms with Crippen molar-refractivity contribution in [3.8, 4) is 22.8 Å². The van der Waals surface area contributed by atoms with Crippen LogP contribution in [0.2, 0.25) is 0 Å². The van der Waals surface area contributed by atoms with Crippen LogP contribution in [0, 0.1) is 13.8 Å². The van der Waals surface area contributed by atoms with E-state index < -0.39 is 5.60 Å². The second-order valence-electron chi connectivity index (χ2n) is 9.59. The predicted molar refractivity (Wildman–Crippen MR) is 143 cm³/mol. The molecule has 0 bridgehead atoms. The van der Waals surface area contributed by atoms with Gasteiger partial charge >= 0.3 is 0 Å². The molecule has 186 valence electrons. The van der Waals surface area contributed by atoms with Gasteiger partial charge in [-0.1, -0.05) is 12.1 Å². The fourth-order valence-electron chi connectivity index (χ4n) is 3.81. The third-order valence-electron chi connectivity index (χ3n) is 5.45. The van der Waals surface area contributed by atoms with Crippen LogP contribution in [-0.4, -0.2) is 32.6 Å². The fraction of sp³-hybridized carbons (Fsp3) is 0.286. The Morgan fingerprint density at radius 3 is 2.33 bits per heavy atom. The molecule has 0 saturated carbocycles. The highest BCUT2D eigenvalue weighted by molar-refractivity contribution is 5.74. The van der Waals surface area contributed by atoms with Gasteiger partial charge in [0.05, 0.1) is 13.7 Å². The Labute approximate surface area is 212 Å². The number of hydrogen-bond acceptors (Lipinski definition) is 8. The van der Waals surface area contributed by atoms with Crippen molar-refractivity contribution in [1.29, 1.82) is 0 Å². The monoisotopic (exact) mass is 484 g/mol. The summed E-state index contributed by atoms with van der Waals surface area (Å²) >= 11 is 0. The first-order valence-corrected chi connectivity index (χ1v) is 11.7. The van der Waals surface area contributed by atoms with E-state index in [1.807, 2.05) is 89.3 Å². The summed E-state index contributed by atoms with van der Waals surface area (Å²) in [5.41, 5.74) is 9.75. The standard InChI is InChI=1S/C28H32N6O2/c1-18-16-31-26(15-23(18)21-13-24(29)33-27(14-21)36-28(3,4)5)34(25-11-12-30-19(2)32-25)17-20-7-9-22(35-6)10-8-20/h7-16H,17H2,1-6H3,(H2,29,33). The molecule has 0 aliphatic carbocycles. The Morgan fingerprint density at radius 1 is 0.917 bits per heavy atom. The van der Waals surface area contributed by atoms with Crippen molar-refractivity contribution in [1.82, 2.24) is 19.9 Å². The summed E-state index contributed by atoms with van der Waals surface area (Å²) in [6.07, 6.45) is 3.62. The van der Waals surface area contributed by atoms with Gasteiger partial charge in [0.1, 0.15) is 34.6 Å². The molecule has 2 N–H and O–H groups in total. The van der Waals surface area contributed by atoms with E-state index in [2.05, 4.69) is 19.9 Å². The molecule has 0 amide bonds. The maximum atomic E-state index is 6.15. The number of aromatic nitrogens is 4. The van der Waals surface area contributed by atoms with E-state index in [1.165, 1.54) is 0 Å². The van der Waals surface area contributed by atoms with Crippen molar-refractivity contribution in [2.45, 2.75) is 46.8 Å². The molecule has 36 heavy (non-hydrogen) atoms. The van der Waals surface area contributed by atoms with E-state index in [0.29, 0.717) is 24.1 Å². The molecular weight excluding hydrogens is 452 g/mol. The van der Waals surface area contributed by atoms with Gasteiger partial charge in [-0.2, -0.15) is 4.98 Å². The van der Waals surface area contributed by atoms with Crippen molar-refractivity contribution >= 4 is 17.5 Å². The van der Waals surface area contributed by atoms with Crippen LogP contribution in [0.5, 0.6) is 11.6 Å². The normalized spacial score (nSPS) is 11.3. The van der Waals surface area contributed by atoms with Crippen LogP contribution in [0.3, 0.4) is 0 Å². The lowest BCUT2D eigenvalue weighted by molar-refractivity contribution is 0.124. The second kappa shape index (κ2) is 10.2. The Morgan fingerprint density at radius 2 is 1.67 bits per heavy atom. The van der Waals surface area contributed by atoms with Crippen LogP contribution >= 0.6 is 0 Å². The first kappa shape index (κ1) is 24.9. The fourth-order valence-corrected chi connectivity index (χ4v) is 3.81. The third-order valence-corrected chi connectivity index (χ3v) is 5.45. The molecule has 1 aromatic carbocycles. The second-order valence-corrected chi connectivity index (χ2v) is 9.59. The first-order valence-electron chi connectivity index (χ1n) is 11.7. The Hall–Kier alpha value is -4.20. The summed E-state index contributed by atoms with van der Waals surface area (Å²) in [7, 11) is 1.66. The SMILES string of the molecule is COc1ccc(CN(c2cc(-c3cc(N)nc(OC(C)(C)C)c3)c(C)cn2)c2ccnc(C)n2)cc1. The molecule has 4 aromatic rings. The van der Waals surface area contributed by atoms with Gasteiger partial charge in [0, 0.05) is 18.5 Å². The van der Waals surface area contributed by atoms with Gasteiger partial charge in [0.2, 0.25) is 5.88 Å². The van der Waals surface area contributed by atoms with Gasteiger partial charge in [-0.25, -0.2) is 15.0 Å². The summed E-state index contributed by atoms with van der Waals surface area (Å²) < 4.78 is 11.3. The molecule has 8 nitrogen and oxygen atoms in total. The highest BCUT2D eigenvalue weighted by Crippen LogP contribution is 2.33. The smallest absolute Gasteiger partial charge is 0.216 e. The topological polar surface area (TPSA) is 99.3 Å². The number of methoxy groups -OCH3 is 1. The maximum Gasteiger partial charge on any atom is 0.216 e. The minimum absolute atomic E-state index is 0.392. The van der Waals surface area contributed by atoms with Gasteiger partial charge < -0.3 is 20.1 Å². The molecule has 3 aromatic heterocycles. The van der Waals surface area contributed by atoms with Gasteiger partial charge in [-0.15, -0.1) is 0 Å². The summed E-state index contributed by atoms with van der Waals surface area (Å²) in [4.78, 5) is 20.1. The average Bonchev–Trinajstić information content (AvgIpc) is 2.82. The van der Waals surface area contributed by atoms with Crippen molar-refractivity contribution < 1.29 is 9.47 Å². The number of pyridine rings is 2. The summed E-state index contributed by atoms with van der Waals surface area (Å²) in [5, 5.41) is 0. The minimum atomic E-state index is -0.392. The van der Waals surface area contributed by atoms with Crippen LogP contribution in [-0.2, 0) is 6.54 Å². The number of benzene rings is 1. The Kier molecular flexibility index (Phi) is 7.05. The van der Waals surface area contributed by atoms with Crippen molar-refractivity contribution in [2.24, 2.45) is 0 Å². The molecule has 0 spiro atoms. The molecule has 0 fully saturated rings. The highest BCUT2D eigenvalue weighted by atomic mass is 16.5. The van der Waals surface area contributed by atoms with Gasteiger partial charge in [-0.05, 0) is 87.2 Å². The van der Waals surface area contributed by atoms with Crippen LogP contribution in [0.1, 0.15) is 37.7 Å². The lowest BCUT2D eigenvalue weighted by Crippen LogP contribution is -2.23. The minimum Gasteiger partial charge on any atom is -0.497 e. The van der Waals surface area contributed by atoms with Crippen LogP contribution in [0.15, 0.2) is 60.9 Å². The molecule has 4 rings (SSSR count). The van der Waals surface area contributed by atoms with Crippen molar-refractivity contribution in [2.75, 3.05) is 17.7 Å². The van der Waals surface area contributed by atoms with E-state index in [9.17, 15) is 0 Å². The maximum absolute atomic E-state index is 6.15. The van der Waals surface area contributed by atoms with E-state index in [4.69, 9.17) is 20.2 Å². The molecule has 0 aliphatic heterocycles. The lowest BCUT2D eigenvalue weighted by atomic mass is 10.0.